The molecule has 0 bridgehead atoms. The highest BCUT2D eigenvalue weighted by molar-refractivity contribution is 6.00. The van der Waals surface area contributed by atoms with Gasteiger partial charge in [-0.2, -0.15) is 5.10 Å². The fourth-order valence-electron chi connectivity index (χ4n) is 3.90. The molecule has 1 saturated heterocycles. The Labute approximate surface area is 163 Å². The fourth-order valence-corrected chi connectivity index (χ4v) is 3.90. The highest BCUT2D eigenvalue weighted by Crippen LogP contribution is 2.26. The maximum absolute atomic E-state index is 13.0. The number of piperidine rings is 1. The number of aromatic amines is 1. The summed E-state index contributed by atoms with van der Waals surface area (Å²) < 4.78 is 5.33. The monoisotopic (exact) mass is 377 g/mol. The molecule has 1 atom stereocenters. The van der Waals surface area contributed by atoms with Crippen molar-refractivity contribution in [2.24, 2.45) is 5.92 Å². The third kappa shape index (κ3) is 3.50. The summed E-state index contributed by atoms with van der Waals surface area (Å²) in [5.41, 5.74) is 2.26. The maximum Gasteiger partial charge on any atom is 0.228 e. The second-order valence-corrected chi connectivity index (χ2v) is 7.14. The maximum atomic E-state index is 13.0. The van der Waals surface area contributed by atoms with Crippen molar-refractivity contribution in [1.29, 1.82) is 0 Å². The summed E-state index contributed by atoms with van der Waals surface area (Å²) in [5.74, 6) is 0.446. The van der Waals surface area contributed by atoms with E-state index >= 15 is 0 Å². The average Bonchev–Trinajstić information content (AvgIpc) is 3.16. The van der Waals surface area contributed by atoms with Gasteiger partial charge in [0.15, 0.2) is 5.78 Å². The van der Waals surface area contributed by atoms with Gasteiger partial charge in [0.2, 0.25) is 5.91 Å². The molecule has 0 unspecified atom stereocenters. The van der Waals surface area contributed by atoms with Crippen molar-refractivity contribution < 1.29 is 14.3 Å². The van der Waals surface area contributed by atoms with Gasteiger partial charge in [-0.15, -0.1) is 0 Å². The van der Waals surface area contributed by atoms with Crippen LogP contribution in [0.25, 0.3) is 10.9 Å². The van der Waals surface area contributed by atoms with Gasteiger partial charge in [0.1, 0.15) is 5.75 Å². The van der Waals surface area contributed by atoms with Gasteiger partial charge in [-0.05, 0) is 31.0 Å². The number of Topliss-reactive ketones (excluding diaryl/α,β-unsaturated/α-hetero) is 1. The Kier molecular flexibility index (Phi) is 5.10. The van der Waals surface area contributed by atoms with E-state index in [0.717, 1.165) is 29.4 Å². The van der Waals surface area contributed by atoms with Gasteiger partial charge < -0.3 is 9.64 Å². The van der Waals surface area contributed by atoms with Crippen LogP contribution in [0.2, 0.25) is 0 Å². The largest absolute Gasteiger partial charge is 0.496 e. The lowest BCUT2D eigenvalue weighted by Gasteiger charge is -2.32. The number of para-hydroxylation sites is 2. The van der Waals surface area contributed by atoms with Gasteiger partial charge >= 0.3 is 0 Å². The first kappa shape index (κ1) is 18.2. The number of amides is 1. The van der Waals surface area contributed by atoms with E-state index in [4.69, 9.17) is 4.74 Å². The minimum atomic E-state index is -0.201. The number of hydrogen-bond acceptors (Lipinski definition) is 4. The van der Waals surface area contributed by atoms with Crippen LogP contribution in [0.4, 0.5) is 0 Å². The number of carbonyl (C=O) groups is 2. The summed E-state index contributed by atoms with van der Waals surface area (Å²) in [6.07, 6.45) is 1.87. The number of aromatic nitrogens is 2. The highest BCUT2D eigenvalue weighted by atomic mass is 16.5. The molecule has 144 valence electrons. The predicted molar refractivity (Wildman–Crippen MR) is 106 cm³/mol. The first-order valence-electron chi connectivity index (χ1n) is 9.54. The van der Waals surface area contributed by atoms with Crippen LogP contribution in [0.5, 0.6) is 5.75 Å². The number of H-pyrrole nitrogens is 1. The van der Waals surface area contributed by atoms with Crippen molar-refractivity contribution >= 4 is 22.6 Å². The molecule has 1 aromatic heterocycles. The van der Waals surface area contributed by atoms with Crippen LogP contribution in [0.15, 0.2) is 48.5 Å². The molecule has 28 heavy (non-hydrogen) atoms. The number of rotatable bonds is 5. The Balaban J connectivity index is 1.47. The zero-order valence-electron chi connectivity index (χ0n) is 15.9. The number of methoxy groups -OCH3 is 1. The van der Waals surface area contributed by atoms with Crippen LogP contribution in [-0.2, 0) is 11.2 Å². The van der Waals surface area contributed by atoms with Crippen molar-refractivity contribution in [2.75, 3.05) is 20.2 Å². The van der Waals surface area contributed by atoms with E-state index in [1.54, 1.807) is 24.1 Å². The van der Waals surface area contributed by atoms with E-state index < -0.39 is 0 Å². The Morgan fingerprint density at radius 3 is 2.82 bits per heavy atom. The first-order chi connectivity index (χ1) is 13.7. The highest BCUT2D eigenvalue weighted by Gasteiger charge is 2.30. The number of carbonyl (C=O) groups excluding carboxylic acids is 2. The molecule has 2 heterocycles. The molecule has 2 aromatic carbocycles. The number of nitrogens with zero attached hydrogens (tertiary/aromatic N) is 2. The van der Waals surface area contributed by atoms with Gasteiger partial charge in [-0.1, -0.05) is 30.3 Å². The van der Waals surface area contributed by atoms with Gasteiger partial charge in [-0.25, -0.2) is 0 Å². The molecule has 1 N–H and O–H groups in total. The van der Waals surface area contributed by atoms with Crippen LogP contribution in [-0.4, -0.2) is 47.0 Å². The summed E-state index contributed by atoms with van der Waals surface area (Å²) >= 11 is 0. The lowest BCUT2D eigenvalue weighted by atomic mass is 9.89. The molecule has 4 rings (SSSR count). The van der Waals surface area contributed by atoms with Crippen LogP contribution < -0.4 is 4.74 Å². The molecule has 1 aliphatic heterocycles. The predicted octanol–water partition coefficient (Wildman–Crippen LogP) is 3.24. The molecular formula is C22H23N3O3. The lowest BCUT2D eigenvalue weighted by Crippen LogP contribution is -2.43. The summed E-state index contributed by atoms with van der Waals surface area (Å²) in [6, 6.07) is 15.0. The quantitative estimate of drug-likeness (QED) is 0.693. The number of ether oxygens (including phenoxy) is 1. The molecule has 0 saturated carbocycles. The van der Waals surface area contributed by atoms with Crippen molar-refractivity contribution in [3.8, 4) is 5.75 Å². The molecule has 0 radical (unpaired) electrons. The first-order valence-corrected chi connectivity index (χ1v) is 9.54. The second-order valence-electron chi connectivity index (χ2n) is 7.14. The van der Waals surface area contributed by atoms with E-state index in [1.807, 2.05) is 36.4 Å². The second kappa shape index (κ2) is 7.84. The number of nitrogens with one attached hydrogen (secondary N) is 1. The molecule has 6 heteroatoms. The van der Waals surface area contributed by atoms with Gasteiger partial charge in [-0.3, -0.25) is 14.7 Å². The SMILES string of the molecule is COc1ccccc1C(=O)[C@@H]1CCCN(C(=O)Cc2[nH]nc3ccccc23)C1. The molecule has 0 spiro atoms. The number of likely N-dealkylation sites (tertiary alicyclic amines) is 1. The normalized spacial score (nSPS) is 16.9. The molecular weight excluding hydrogens is 354 g/mol. The molecule has 1 amide bonds. The van der Waals surface area contributed by atoms with Crippen LogP contribution in [0.1, 0.15) is 28.9 Å². The molecule has 1 fully saturated rings. The summed E-state index contributed by atoms with van der Waals surface area (Å²) in [5, 5.41) is 8.20. The van der Waals surface area contributed by atoms with Crippen LogP contribution >= 0.6 is 0 Å². The molecule has 3 aromatic rings. The van der Waals surface area contributed by atoms with Crippen LogP contribution in [0, 0.1) is 5.92 Å². The Morgan fingerprint density at radius 2 is 1.96 bits per heavy atom. The minimum Gasteiger partial charge on any atom is -0.496 e. The topological polar surface area (TPSA) is 75.3 Å². The van der Waals surface area contributed by atoms with Crippen LogP contribution in [0.3, 0.4) is 0 Å². The van der Waals surface area contributed by atoms with E-state index in [0.29, 0.717) is 24.4 Å². The zero-order chi connectivity index (χ0) is 19.5. The standard InChI is InChI=1S/C22H23N3O3/c1-28-20-11-5-3-9-17(20)22(27)15-7-6-12-25(14-15)21(26)13-19-16-8-2-4-10-18(16)23-24-19/h2-5,8-11,15H,6-7,12-14H2,1H3,(H,23,24)/t15-/m1/s1. The van der Waals surface area contributed by atoms with Crippen molar-refractivity contribution in [1.82, 2.24) is 15.1 Å². The third-order valence-electron chi connectivity index (χ3n) is 5.39. The molecule has 0 aliphatic carbocycles. The Bertz CT molecular complexity index is 1010. The third-order valence-corrected chi connectivity index (χ3v) is 5.39. The van der Waals surface area contributed by atoms with E-state index in [9.17, 15) is 9.59 Å². The van der Waals surface area contributed by atoms with E-state index in [-0.39, 0.29) is 24.0 Å². The Morgan fingerprint density at radius 1 is 1.18 bits per heavy atom. The van der Waals surface area contributed by atoms with Crippen molar-refractivity contribution in [3.05, 3.63) is 59.8 Å². The number of ketones is 1. The van der Waals surface area contributed by atoms with E-state index in [1.165, 1.54) is 0 Å². The van der Waals surface area contributed by atoms with Crippen molar-refractivity contribution in [2.45, 2.75) is 19.3 Å². The minimum absolute atomic E-state index is 0.0203. The van der Waals surface area contributed by atoms with Gasteiger partial charge in [0.05, 0.1) is 30.3 Å². The Hall–Kier alpha value is -3.15. The summed E-state index contributed by atoms with van der Waals surface area (Å²) in [7, 11) is 1.57. The number of hydrogen-bond donors (Lipinski definition) is 1. The number of fused-ring (bicyclic) bond motifs is 1. The molecule has 6 nitrogen and oxygen atoms in total. The number of benzene rings is 2. The van der Waals surface area contributed by atoms with Crippen molar-refractivity contribution in [3.63, 3.8) is 0 Å². The lowest BCUT2D eigenvalue weighted by molar-refractivity contribution is -0.131. The zero-order valence-corrected chi connectivity index (χ0v) is 15.9. The summed E-state index contributed by atoms with van der Waals surface area (Å²) in [6.45, 7) is 1.13. The smallest absolute Gasteiger partial charge is 0.228 e. The van der Waals surface area contributed by atoms with Gasteiger partial charge in [0.25, 0.3) is 0 Å². The van der Waals surface area contributed by atoms with E-state index in [2.05, 4.69) is 10.2 Å². The summed E-state index contributed by atoms with van der Waals surface area (Å²) in [4.78, 5) is 27.7. The van der Waals surface area contributed by atoms with Gasteiger partial charge in [0, 0.05) is 24.4 Å². The average molecular weight is 377 g/mol. The fraction of sp³-hybridized carbons (Fsp3) is 0.318. The molecule has 1 aliphatic rings.